The van der Waals surface area contributed by atoms with Crippen LogP contribution < -0.4 is 0 Å². The van der Waals surface area contributed by atoms with Gasteiger partial charge in [-0.1, -0.05) is 11.6 Å². The van der Waals surface area contributed by atoms with Gasteiger partial charge >= 0.3 is 0 Å². The Labute approximate surface area is 89.0 Å². The SMILES string of the molecule is Cc1nc(Cl)c(S(C)(=O)=O)c(C)c1C. The van der Waals surface area contributed by atoms with Crippen LogP contribution in [0.3, 0.4) is 0 Å². The summed E-state index contributed by atoms with van der Waals surface area (Å²) in [7, 11) is -3.30. The van der Waals surface area contributed by atoms with Crippen LogP contribution in [0.15, 0.2) is 4.90 Å². The van der Waals surface area contributed by atoms with Crippen molar-refractivity contribution >= 4 is 21.4 Å². The molecule has 0 aliphatic rings. The maximum Gasteiger partial charge on any atom is 0.178 e. The van der Waals surface area contributed by atoms with Gasteiger partial charge in [0, 0.05) is 11.9 Å². The van der Waals surface area contributed by atoms with Crippen molar-refractivity contribution in [2.45, 2.75) is 25.7 Å². The molecule has 0 aliphatic heterocycles. The second-order valence-corrected chi connectivity index (χ2v) is 5.65. The van der Waals surface area contributed by atoms with Gasteiger partial charge in [0.15, 0.2) is 9.84 Å². The van der Waals surface area contributed by atoms with E-state index >= 15 is 0 Å². The number of aromatic nitrogens is 1. The first kappa shape index (κ1) is 11.5. The van der Waals surface area contributed by atoms with E-state index in [2.05, 4.69) is 4.98 Å². The molecule has 3 nitrogen and oxygen atoms in total. The summed E-state index contributed by atoms with van der Waals surface area (Å²) >= 11 is 5.80. The molecule has 1 rings (SSSR count). The average Bonchev–Trinajstić information content (AvgIpc) is 1.97. The summed E-state index contributed by atoms with van der Waals surface area (Å²) in [6, 6.07) is 0. The minimum absolute atomic E-state index is 0.0631. The van der Waals surface area contributed by atoms with E-state index in [9.17, 15) is 8.42 Å². The van der Waals surface area contributed by atoms with Gasteiger partial charge in [-0.3, -0.25) is 0 Å². The summed E-state index contributed by atoms with van der Waals surface area (Å²) in [4.78, 5) is 4.13. The van der Waals surface area contributed by atoms with Crippen molar-refractivity contribution in [1.29, 1.82) is 0 Å². The zero-order chi connectivity index (χ0) is 11.1. The third-order valence-electron chi connectivity index (χ3n) is 2.27. The molecule has 14 heavy (non-hydrogen) atoms. The van der Waals surface area contributed by atoms with Crippen LogP contribution in [-0.4, -0.2) is 19.7 Å². The van der Waals surface area contributed by atoms with Crippen molar-refractivity contribution in [3.8, 4) is 0 Å². The average molecular weight is 234 g/mol. The number of hydrogen-bond donors (Lipinski definition) is 0. The predicted octanol–water partition coefficient (Wildman–Crippen LogP) is 2.06. The predicted molar refractivity (Wildman–Crippen MR) is 56.6 cm³/mol. The fraction of sp³-hybridized carbons (Fsp3) is 0.444. The van der Waals surface area contributed by atoms with E-state index in [0.29, 0.717) is 5.56 Å². The van der Waals surface area contributed by atoms with Crippen molar-refractivity contribution in [2.24, 2.45) is 0 Å². The highest BCUT2D eigenvalue weighted by molar-refractivity contribution is 7.90. The molecule has 0 unspecified atom stereocenters. The van der Waals surface area contributed by atoms with Gasteiger partial charge in [-0.15, -0.1) is 0 Å². The lowest BCUT2D eigenvalue weighted by Crippen LogP contribution is -2.06. The second-order valence-electron chi connectivity index (χ2n) is 3.34. The number of sulfone groups is 1. The van der Waals surface area contributed by atoms with E-state index in [4.69, 9.17) is 11.6 Å². The van der Waals surface area contributed by atoms with Gasteiger partial charge in [0.1, 0.15) is 10.0 Å². The van der Waals surface area contributed by atoms with Gasteiger partial charge in [-0.2, -0.15) is 0 Å². The summed E-state index contributed by atoms with van der Waals surface area (Å²) in [5.74, 6) is 0. The van der Waals surface area contributed by atoms with Crippen molar-refractivity contribution in [1.82, 2.24) is 4.98 Å². The van der Waals surface area contributed by atoms with Crippen molar-refractivity contribution in [2.75, 3.05) is 6.26 Å². The molecule has 0 atom stereocenters. The first-order valence-corrected chi connectivity index (χ1v) is 6.35. The van der Waals surface area contributed by atoms with Gasteiger partial charge in [-0.25, -0.2) is 13.4 Å². The van der Waals surface area contributed by atoms with E-state index in [-0.39, 0.29) is 10.0 Å². The van der Waals surface area contributed by atoms with Crippen LogP contribution in [0.25, 0.3) is 0 Å². The normalized spacial score (nSPS) is 11.8. The monoisotopic (exact) mass is 233 g/mol. The van der Waals surface area contributed by atoms with E-state index < -0.39 is 9.84 Å². The topological polar surface area (TPSA) is 47.0 Å². The van der Waals surface area contributed by atoms with E-state index in [1.807, 2.05) is 6.92 Å². The Morgan fingerprint density at radius 2 is 1.64 bits per heavy atom. The van der Waals surface area contributed by atoms with E-state index in [1.165, 1.54) is 0 Å². The highest BCUT2D eigenvalue weighted by atomic mass is 35.5. The van der Waals surface area contributed by atoms with Gasteiger partial charge < -0.3 is 0 Å². The third kappa shape index (κ3) is 1.91. The maximum absolute atomic E-state index is 11.4. The molecule has 0 amide bonds. The summed E-state index contributed by atoms with van der Waals surface area (Å²) in [5.41, 5.74) is 2.32. The first-order chi connectivity index (χ1) is 6.25. The maximum atomic E-state index is 11.4. The molecule has 1 aromatic heterocycles. The zero-order valence-electron chi connectivity index (χ0n) is 8.55. The standard InChI is InChI=1S/C9H12ClNO2S/c1-5-6(2)8(14(4,12)13)9(10)11-7(5)3/h1-4H3. The smallest absolute Gasteiger partial charge is 0.178 e. The first-order valence-electron chi connectivity index (χ1n) is 4.08. The Morgan fingerprint density at radius 3 is 2.07 bits per heavy atom. The lowest BCUT2D eigenvalue weighted by Gasteiger charge is -2.10. The number of rotatable bonds is 1. The van der Waals surface area contributed by atoms with Gasteiger partial charge in [0.25, 0.3) is 0 Å². The van der Waals surface area contributed by atoms with E-state index in [1.54, 1.807) is 13.8 Å². The number of nitrogens with zero attached hydrogens (tertiary/aromatic N) is 1. The van der Waals surface area contributed by atoms with Crippen molar-refractivity contribution < 1.29 is 8.42 Å². The highest BCUT2D eigenvalue weighted by Gasteiger charge is 2.19. The van der Waals surface area contributed by atoms with Crippen LogP contribution in [0.2, 0.25) is 5.15 Å². The molecule has 0 N–H and O–H groups in total. The molecule has 0 bridgehead atoms. The fourth-order valence-corrected chi connectivity index (χ4v) is 3.06. The lowest BCUT2D eigenvalue weighted by atomic mass is 10.1. The minimum atomic E-state index is -3.30. The highest BCUT2D eigenvalue weighted by Crippen LogP contribution is 2.26. The number of pyridine rings is 1. The van der Waals surface area contributed by atoms with Gasteiger partial charge in [0.2, 0.25) is 0 Å². The van der Waals surface area contributed by atoms with Crippen molar-refractivity contribution in [3.05, 3.63) is 22.0 Å². The summed E-state index contributed by atoms with van der Waals surface area (Å²) in [6.07, 6.45) is 1.14. The Bertz CT molecular complexity index is 480. The third-order valence-corrected chi connectivity index (χ3v) is 3.90. The molecule has 0 saturated heterocycles. The molecule has 0 saturated carbocycles. The summed E-state index contributed by atoms with van der Waals surface area (Å²) in [6.45, 7) is 5.38. The molecule has 1 aromatic rings. The second kappa shape index (κ2) is 3.51. The number of aryl methyl sites for hydroxylation is 1. The molecule has 5 heteroatoms. The zero-order valence-corrected chi connectivity index (χ0v) is 10.1. The lowest BCUT2D eigenvalue weighted by molar-refractivity contribution is 0.600. The number of halogens is 1. The van der Waals surface area contributed by atoms with Crippen molar-refractivity contribution in [3.63, 3.8) is 0 Å². The van der Waals surface area contributed by atoms with Crippen LogP contribution >= 0.6 is 11.6 Å². The molecule has 0 fully saturated rings. The Balaban J connectivity index is 3.70. The van der Waals surface area contributed by atoms with Crippen LogP contribution in [0.5, 0.6) is 0 Å². The molecule has 0 radical (unpaired) electrons. The van der Waals surface area contributed by atoms with Gasteiger partial charge in [0.05, 0.1) is 0 Å². The molecule has 78 valence electrons. The minimum Gasteiger partial charge on any atom is -0.240 e. The number of hydrogen-bond acceptors (Lipinski definition) is 3. The van der Waals surface area contributed by atoms with Crippen LogP contribution in [-0.2, 0) is 9.84 Å². The summed E-state index contributed by atoms with van der Waals surface area (Å²) < 4.78 is 22.8. The van der Waals surface area contributed by atoms with Crippen LogP contribution in [0.4, 0.5) is 0 Å². The molecular weight excluding hydrogens is 222 g/mol. The molecular formula is C9H12ClNO2S. The Kier molecular flexibility index (Phi) is 2.88. The Morgan fingerprint density at radius 1 is 1.14 bits per heavy atom. The molecule has 0 aliphatic carbocycles. The van der Waals surface area contributed by atoms with Crippen LogP contribution in [0, 0.1) is 20.8 Å². The quantitative estimate of drug-likeness (QED) is 0.698. The van der Waals surface area contributed by atoms with Gasteiger partial charge in [-0.05, 0) is 31.9 Å². The Hall–Kier alpha value is -0.610. The summed E-state index contributed by atoms with van der Waals surface area (Å²) in [5, 5.41) is 0.0631. The molecule has 0 aromatic carbocycles. The van der Waals surface area contributed by atoms with Crippen LogP contribution in [0.1, 0.15) is 16.8 Å². The fourth-order valence-electron chi connectivity index (χ4n) is 1.31. The largest absolute Gasteiger partial charge is 0.240 e. The molecule has 0 spiro atoms. The van der Waals surface area contributed by atoms with E-state index in [0.717, 1.165) is 17.5 Å². The molecule has 1 heterocycles.